The molecule has 0 aromatic heterocycles. The molecule has 1 heterocycles. The summed E-state index contributed by atoms with van der Waals surface area (Å²) in [4.78, 5) is 2.23. The lowest BCUT2D eigenvalue weighted by Crippen LogP contribution is -2.51. The summed E-state index contributed by atoms with van der Waals surface area (Å²) in [6.07, 6.45) is 0.288. The van der Waals surface area contributed by atoms with Gasteiger partial charge in [-0.05, 0) is 13.1 Å². The SMILES string of the molecule is CN1CC(Oc2ccccc2C(C)(C)CO)C1. The van der Waals surface area contributed by atoms with Gasteiger partial charge in [-0.25, -0.2) is 0 Å². The van der Waals surface area contributed by atoms with Gasteiger partial charge in [-0.2, -0.15) is 0 Å². The number of likely N-dealkylation sites (N-methyl/N-ethyl adjacent to an activating group) is 1. The Morgan fingerprint density at radius 3 is 2.59 bits per heavy atom. The topological polar surface area (TPSA) is 32.7 Å². The van der Waals surface area contributed by atoms with E-state index in [0.717, 1.165) is 24.4 Å². The Morgan fingerprint density at radius 1 is 1.35 bits per heavy atom. The largest absolute Gasteiger partial charge is 0.487 e. The number of nitrogens with zero attached hydrogens (tertiary/aromatic N) is 1. The number of benzene rings is 1. The standard InChI is InChI=1S/C14H21NO2/c1-14(2,10-16)12-6-4-5-7-13(12)17-11-8-15(3)9-11/h4-7,11,16H,8-10H2,1-3H3. The fourth-order valence-corrected chi connectivity index (χ4v) is 2.11. The lowest BCUT2D eigenvalue weighted by Gasteiger charge is -2.37. The second kappa shape index (κ2) is 4.67. The van der Waals surface area contributed by atoms with Crippen LogP contribution < -0.4 is 4.74 Å². The summed E-state index contributed by atoms with van der Waals surface area (Å²) in [5.41, 5.74) is 0.823. The van der Waals surface area contributed by atoms with Gasteiger partial charge in [-0.3, -0.25) is 4.90 Å². The van der Waals surface area contributed by atoms with Crippen LogP contribution in [0.25, 0.3) is 0 Å². The minimum atomic E-state index is -0.258. The number of rotatable bonds is 4. The van der Waals surface area contributed by atoms with Gasteiger partial charge in [0.1, 0.15) is 11.9 Å². The van der Waals surface area contributed by atoms with Crippen LogP contribution in [-0.2, 0) is 5.41 Å². The minimum Gasteiger partial charge on any atom is -0.487 e. The molecule has 0 saturated carbocycles. The summed E-state index contributed by atoms with van der Waals surface area (Å²) >= 11 is 0. The molecule has 1 aromatic rings. The summed E-state index contributed by atoms with van der Waals surface area (Å²) in [6.45, 7) is 6.14. The van der Waals surface area contributed by atoms with E-state index in [2.05, 4.69) is 11.9 Å². The molecule has 0 bridgehead atoms. The molecule has 94 valence electrons. The van der Waals surface area contributed by atoms with E-state index < -0.39 is 0 Å². The van der Waals surface area contributed by atoms with Crippen molar-refractivity contribution in [2.75, 3.05) is 26.7 Å². The van der Waals surface area contributed by atoms with Gasteiger partial charge < -0.3 is 9.84 Å². The Balaban J connectivity index is 2.16. The van der Waals surface area contributed by atoms with E-state index in [1.807, 2.05) is 38.1 Å². The fraction of sp³-hybridized carbons (Fsp3) is 0.571. The van der Waals surface area contributed by atoms with E-state index in [0.29, 0.717) is 0 Å². The zero-order valence-electron chi connectivity index (χ0n) is 10.8. The lowest BCUT2D eigenvalue weighted by atomic mass is 9.85. The molecule has 1 N–H and O–H groups in total. The second-order valence-corrected chi connectivity index (χ2v) is 5.50. The van der Waals surface area contributed by atoms with Gasteiger partial charge in [-0.15, -0.1) is 0 Å². The first kappa shape index (κ1) is 12.4. The molecule has 3 nitrogen and oxygen atoms in total. The summed E-state index contributed by atoms with van der Waals surface area (Å²) in [5.74, 6) is 0.907. The van der Waals surface area contributed by atoms with Crippen LogP contribution >= 0.6 is 0 Å². The first-order valence-corrected chi connectivity index (χ1v) is 6.08. The van der Waals surface area contributed by atoms with Crippen molar-refractivity contribution in [3.8, 4) is 5.75 Å². The van der Waals surface area contributed by atoms with Crippen molar-refractivity contribution in [1.29, 1.82) is 0 Å². The molecule has 0 spiro atoms. The third-order valence-electron chi connectivity index (χ3n) is 3.34. The van der Waals surface area contributed by atoms with Gasteiger partial charge in [0.2, 0.25) is 0 Å². The molecule has 17 heavy (non-hydrogen) atoms. The molecule has 1 aliphatic rings. The molecular formula is C14H21NO2. The van der Waals surface area contributed by atoms with Crippen LogP contribution in [0.1, 0.15) is 19.4 Å². The fourth-order valence-electron chi connectivity index (χ4n) is 2.11. The molecule has 0 aliphatic carbocycles. The molecular weight excluding hydrogens is 214 g/mol. The molecule has 0 radical (unpaired) electrons. The molecule has 2 rings (SSSR count). The molecule has 1 aliphatic heterocycles. The van der Waals surface area contributed by atoms with Crippen molar-refractivity contribution in [2.24, 2.45) is 0 Å². The van der Waals surface area contributed by atoms with Gasteiger partial charge >= 0.3 is 0 Å². The van der Waals surface area contributed by atoms with Crippen LogP contribution in [0, 0.1) is 0 Å². The van der Waals surface area contributed by atoms with Gasteiger partial charge in [0, 0.05) is 24.1 Å². The zero-order valence-corrected chi connectivity index (χ0v) is 10.8. The van der Waals surface area contributed by atoms with E-state index in [4.69, 9.17) is 4.74 Å². The van der Waals surface area contributed by atoms with Gasteiger partial charge in [0.05, 0.1) is 6.61 Å². The highest BCUT2D eigenvalue weighted by Crippen LogP contribution is 2.32. The third-order valence-corrected chi connectivity index (χ3v) is 3.34. The van der Waals surface area contributed by atoms with E-state index in [1.165, 1.54) is 0 Å². The van der Waals surface area contributed by atoms with Crippen LogP contribution in [0.2, 0.25) is 0 Å². The average Bonchev–Trinajstić information content (AvgIpc) is 2.27. The smallest absolute Gasteiger partial charge is 0.124 e. The Morgan fingerprint density at radius 2 is 2.00 bits per heavy atom. The molecule has 0 unspecified atom stereocenters. The Bertz CT molecular complexity index is 384. The highest BCUT2D eigenvalue weighted by molar-refractivity contribution is 5.39. The highest BCUT2D eigenvalue weighted by Gasteiger charge is 2.28. The maximum absolute atomic E-state index is 9.46. The molecule has 1 saturated heterocycles. The van der Waals surface area contributed by atoms with Gasteiger partial charge in [0.15, 0.2) is 0 Å². The van der Waals surface area contributed by atoms with E-state index in [1.54, 1.807) is 0 Å². The monoisotopic (exact) mass is 235 g/mol. The van der Waals surface area contributed by atoms with Crippen LogP contribution in [0.15, 0.2) is 24.3 Å². The van der Waals surface area contributed by atoms with Crippen molar-refractivity contribution in [2.45, 2.75) is 25.4 Å². The number of aliphatic hydroxyl groups is 1. The summed E-state index contributed by atoms with van der Waals surface area (Å²) in [7, 11) is 2.09. The predicted octanol–water partition coefficient (Wildman–Crippen LogP) is 1.65. The van der Waals surface area contributed by atoms with E-state index in [9.17, 15) is 5.11 Å². The van der Waals surface area contributed by atoms with Crippen LogP contribution in [-0.4, -0.2) is 42.9 Å². The van der Waals surface area contributed by atoms with Gasteiger partial charge in [-0.1, -0.05) is 32.0 Å². The Labute approximate surface area is 103 Å². The summed E-state index contributed by atoms with van der Waals surface area (Å²) in [5, 5.41) is 9.46. The van der Waals surface area contributed by atoms with Crippen molar-refractivity contribution >= 4 is 0 Å². The Kier molecular flexibility index (Phi) is 3.40. The number of aliphatic hydroxyl groups excluding tert-OH is 1. The normalized spacial score (nSPS) is 17.9. The number of hydrogen-bond donors (Lipinski definition) is 1. The first-order chi connectivity index (χ1) is 8.03. The molecule has 0 amide bonds. The van der Waals surface area contributed by atoms with Crippen molar-refractivity contribution in [3.63, 3.8) is 0 Å². The second-order valence-electron chi connectivity index (χ2n) is 5.50. The maximum atomic E-state index is 9.46. The predicted molar refractivity (Wildman–Crippen MR) is 68.5 cm³/mol. The number of para-hydroxylation sites is 1. The van der Waals surface area contributed by atoms with Crippen LogP contribution in [0.5, 0.6) is 5.75 Å². The van der Waals surface area contributed by atoms with Gasteiger partial charge in [0.25, 0.3) is 0 Å². The molecule has 0 atom stereocenters. The minimum absolute atomic E-state index is 0.123. The van der Waals surface area contributed by atoms with Crippen molar-refractivity contribution in [3.05, 3.63) is 29.8 Å². The molecule has 3 heteroatoms. The molecule has 1 fully saturated rings. The average molecular weight is 235 g/mol. The van der Waals surface area contributed by atoms with Crippen LogP contribution in [0.4, 0.5) is 0 Å². The third kappa shape index (κ3) is 2.61. The summed E-state index contributed by atoms with van der Waals surface area (Å²) in [6, 6.07) is 8.00. The zero-order chi connectivity index (χ0) is 12.5. The Hall–Kier alpha value is -1.06. The van der Waals surface area contributed by atoms with Crippen LogP contribution in [0.3, 0.4) is 0 Å². The number of hydrogen-bond acceptors (Lipinski definition) is 3. The number of ether oxygens (including phenoxy) is 1. The lowest BCUT2D eigenvalue weighted by molar-refractivity contribution is 0.0369. The first-order valence-electron chi connectivity index (χ1n) is 6.08. The maximum Gasteiger partial charge on any atom is 0.124 e. The van der Waals surface area contributed by atoms with Crippen molar-refractivity contribution < 1.29 is 9.84 Å². The number of likely N-dealkylation sites (tertiary alicyclic amines) is 1. The summed E-state index contributed by atoms with van der Waals surface area (Å²) < 4.78 is 5.99. The quantitative estimate of drug-likeness (QED) is 0.861. The van der Waals surface area contributed by atoms with E-state index >= 15 is 0 Å². The molecule has 1 aromatic carbocycles. The highest BCUT2D eigenvalue weighted by atomic mass is 16.5. The van der Waals surface area contributed by atoms with E-state index in [-0.39, 0.29) is 18.1 Å². The van der Waals surface area contributed by atoms with Crippen molar-refractivity contribution in [1.82, 2.24) is 4.90 Å².